The number of hydrogen-bond acceptors (Lipinski definition) is 9. The minimum absolute atomic E-state index is 0.0749. The van der Waals surface area contributed by atoms with E-state index in [2.05, 4.69) is 5.32 Å². The lowest BCUT2D eigenvalue weighted by atomic mass is 9.86. The summed E-state index contributed by atoms with van der Waals surface area (Å²) in [6.45, 7) is 6.97. The zero-order valence-electron chi connectivity index (χ0n) is 22.6. The van der Waals surface area contributed by atoms with E-state index in [1.165, 1.54) is 25.3 Å². The van der Waals surface area contributed by atoms with Crippen LogP contribution in [0.3, 0.4) is 0 Å². The minimum atomic E-state index is -3.93. The summed E-state index contributed by atoms with van der Waals surface area (Å²) in [6, 6.07) is 15.3. The molecule has 39 heavy (non-hydrogen) atoms. The normalized spacial score (nSPS) is 26.1. The number of esters is 1. The minimum Gasteiger partial charge on any atom is -0.459 e. The molecule has 0 bridgehead atoms. The van der Waals surface area contributed by atoms with E-state index in [0.29, 0.717) is 23.4 Å². The Morgan fingerprint density at radius 1 is 1.10 bits per heavy atom. The molecular weight excluding hydrogens is 523 g/mol. The van der Waals surface area contributed by atoms with Crippen LogP contribution in [0.4, 0.5) is 5.69 Å². The predicted molar refractivity (Wildman–Crippen MR) is 145 cm³/mol. The molecular formula is C28H33N2O8P. The fourth-order valence-electron chi connectivity index (χ4n) is 5.12. The van der Waals surface area contributed by atoms with Gasteiger partial charge in [-0.05, 0) is 38.8 Å². The van der Waals surface area contributed by atoms with Gasteiger partial charge >= 0.3 is 13.6 Å². The lowest BCUT2D eigenvalue weighted by Gasteiger charge is -2.39. The van der Waals surface area contributed by atoms with Crippen molar-refractivity contribution in [2.75, 3.05) is 13.7 Å². The van der Waals surface area contributed by atoms with Crippen LogP contribution in [0.5, 0.6) is 0 Å². The third-order valence-corrected chi connectivity index (χ3v) is 9.24. The van der Waals surface area contributed by atoms with Gasteiger partial charge in [-0.1, -0.05) is 42.5 Å². The van der Waals surface area contributed by atoms with Crippen LogP contribution in [0.2, 0.25) is 0 Å². The lowest BCUT2D eigenvalue weighted by Crippen LogP contribution is -2.33. The standard InChI is InChI=1S/C28H33N2O8P/c1-17-14-18(2)38-39(34,37-17)27-20(4)29-19(3)25(26(27)22-12-9-13-23(15-22)30(32)33)28(31)36-16-24(35-5)21-10-7-6-8-11-21/h6-13,15,17-18,24,26,29H,14,16H2,1-5H3/t17-,18+,24-,26-,39?/m1/s1. The molecule has 1 saturated heterocycles. The highest BCUT2D eigenvalue weighted by Crippen LogP contribution is 2.67. The molecule has 0 aliphatic carbocycles. The van der Waals surface area contributed by atoms with Gasteiger partial charge in [-0.2, -0.15) is 0 Å². The van der Waals surface area contributed by atoms with Crippen LogP contribution < -0.4 is 5.32 Å². The number of nitrogens with one attached hydrogen (secondary N) is 1. The second-order valence-electron chi connectivity index (χ2n) is 9.76. The Morgan fingerprint density at radius 3 is 2.38 bits per heavy atom. The van der Waals surface area contributed by atoms with Gasteiger partial charge in [-0.15, -0.1) is 0 Å². The number of rotatable bonds is 8. The van der Waals surface area contributed by atoms with Gasteiger partial charge in [0, 0.05) is 37.1 Å². The highest BCUT2D eigenvalue weighted by atomic mass is 31.2. The second kappa shape index (κ2) is 11.8. The van der Waals surface area contributed by atoms with Gasteiger partial charge in [0.2, 0.25) is 0 Å². The molecule has 2 aliphatic rings. The molecule has 208 valence electrons. The highest BCUT2D eigenvalue weighted by Gasteiger charge is 2.48. The topological polar surface area (TPSA) is 126 Å². The molecule has 0 spiro atoms. The van der Waals surface area contributed by atoms with Crippen molar-refractivity contribution in [3.8, 4) is 0 Å². The van der Waals surface area contributed by atoms with Crippen molar-refractivity contribution in [1.82, 2.24) is 5.32 Å². The van der Waals surface area contributed by atoms with Crippen molar-refractivity contribution in [2.45, 2.75) is 58.3 Å². The maximum Gasteiger partial charge on any atom is 0.360 e. The van der Waals surface area contributed by atoms with E-state index in [4.69, 9.17) is 18.5 Å². The molecule has 1 fully saturated rings. The van der Waals surface area contributed by atoms with Crippen molar-refractivity contribution in [3.05, 3.63) is 98.1 Å². The monoisotopic (exact) mass is 556 g/mol. The Morgan fingerprint density at radius 2 is 1.77 bits per heavy atom. The van der Waals surface area contributed by atoms with Crippen LogP contribution in [-0.2, 0) is 27.9 Å². The summed E-state index contributed by atoms with van der Waals surface area (Å²) in [7, 11) is -2.40. The van der Waals surface area contributed by atoms with Crippen molar-refractivity contribution in [1.29, 1.82) is 0 Å². The van der Waals surface area contributed by atoms with E-state index in [0.717, 1.165) is 5.56 Å². The first-order valence-corrected chi connectivity index (χ1v) is 14.2. The Bertz CT molecular complexity index is 1340. The van der Waals surface area contributed by atoms with E-state index in [9.17, 15) is 19.5 Å². The lowest BCUT2D eigenvalue weighted by molar-refractivity contribution is -0.384. The van der Waals surface area contributed by atoms with Crippen LogP contribution in [0.15, 0.2) is 76.9 Å². The largest absolute Gasteiger partial charge is 0.459 e. The summed E-state index contributed by atoms with van der Waals surface area (Å²) in [5.41, 5.74) is 2.18. The quantitative estimate of drug-likeness (QED) is 0.177. The van der Waals surface area contributed by atoms with Crippen molar-refractivity contribution in [2.24, 2.45) is 0 Å². The SMILES string of the molecule is CO[C@H](COC(=O)C1=C(C)NC(C)=C(P2(=O)O[C@H](C)C[C@H](C)O2)[C@@H]1c1cccc([N+](=O)[O-])c1)c1ccccc1. The Kier molecular flexibility index (Phi) is 8.71. The molecule has 10 nitrogen and oxygen atoms in total. The Balaban J connectivity index is 1.77. The Labute approximate surface area is 227 Å². The zero-order valence-corrected chi connectivity index (χ0v) is 23.5. The third kappa shape index (κ3) is 6.15. The first kappa shape index (κ1) is 28.7. The molecule has 1 N–H and O–H groups in total. The van der Waals surface area contributed by atoms with Gasteiger partial charge in [-0.25, -0.2) is 4.79 Å². The molecule has 0 aromatic heterocycles. The predicted octanol–water partition coefficient (Wildman–Crippen LogP) is 6.13. The highest BCUT2D eigenvalue weighted by molar-refractivity contribution is 7.58. The molecule has 0 radical (unpaired) electrons. The number of hydrogen-bond donors (Lipinski definition) is 1. The number of dihydropyridines is 1. The first-order chi connectivity index (χ1) is 18.5. The maximum absolute atomic E-state index is 14.3. The van der Waals surface area contributed by atoms with E-state index in [1.807, 2.05) is 44.2 Å². The van der Waals surface area contributed by atoms with Crippen LogP contribution in [0, 0.1) is 10.1 Å². The van der Waals surface area contributed by atoms with Gasteiger partial charge in [0.25, 0.3) is 5.69 Å². The van der Waals surface area contributed by atoms with E-state index in [-0.39, 0.29) is 35.4 Å². The van der Waals surface area contributed by atoms with E-state index >= 15 is 0 Å². The molecule has 2 heterocycles. The van der Waals surface area contributed by atoms with Crippen LogP contribution in [0.25, 0.3) is 0 Å². The van der Waals surface area contributed by atoms with Gasteiger partial charge in [0.05, 0.1) is 33.9 Å². The summed E-state index contributed by atoms with van der Waals surface area (Å²) < 4.78 is 37.5. The van der Waals surface area contributed by atoms with E-state index < -0.39 is 30.5 Å². The van der Waals surface area contributed by atoms with Gasteiger partial charge in [-0.3, -0.25) is 14.7 Å². The number of methoxy groups -OCH3 is 1. The molecule has 1 unspecified atom stereocenters. The molecule has 11 heteroatoms. The van der Waals surface area contributed by atoms with Crippen LogP contribution in [-0.4, -0.2) is 36.8 Å². The molecule has 2 aliphatic heterocycles. The first-order valence-electron chi connectivity index (χ1n) is 12.7. The number of non-ortho nitro benzene ring substituents is 1. The van der Waals surface area contributed by atoms with Gasteiger partial charge in [0.15, 0.2) is 0 Å². The van der Waals surface area contributed by atoms with Crippen molar-refractivity contribution < 1.29 is 32.8 Å². The molecule has 2 aromatic rings. The van der Waals surface area contributed by atoms with Crippen molar-refractivity contribution in [3.63, 3.8) is 0 Å². The summed E-state index contributed by atoms with van der Waals surface area (Å²) in [5, 5.41) is 15.0. The summed E-state index contributed by atoms with van der Waals surface area (Å²) in [6.07, 6.45) is -0.680. The molecule has 2 aromatic carbocycles. The number of benzene rings is 2. The molecule has 5 atom stereocenters. The average molecular weight is 557 g/mol. The number of ether oxygens (including phenoxy) is 2. The van der Waals surface area contributed by atoms with E-state index in [1.54, 1.807) is 19.9 Å². The fraction of sp³-hybridized carbons (Fsp3) is 0.393. The van der Waals surface area contributed by atoms with Crippen molar-refractivity contribution >= 4 is 19.3 Å². The summed E-state index contributed by atoms with van der Waals surface area (Å²) in [4.78, 5) is 24.8. The smallest absolute Gasteiger partial charge is 0.360 e. The summed E-state index contributed by atoms with van der Waals surface area (Å²) in [5.74, 6) is -1.65. The summed E-state index contributed by atoms with van der Waals surface area (Å²) >= 11 is 0. The van der Waals surface area contributed by atoms with Crippen LogP contribution >= 0.6 is 7.60 Å². The van der Waals surface area contributed by atoms with Crippen LogP contribution in [0.1, 0.15) is 57.3 Å². The molecule has 4 rings (SSSR count). The number of nitro groups is 1. The third-order valence-electron chi connectivity index (χ3n) is 6.78. The number of carbonyl (C=O) groups excluding carboxylic acids is 1. The second-order valence-corrected chi connectivity index (χ2v) is 11.7. The average Bonchev–Trinajstić information content (AvgIpc) is 2.88. The fourth-order valence-corrected chi connectivity index (χ4v) is 7.58. The molecule has 0 amide bonds. The Hall–Kier alpha value is -3.30. The molecule has 0 saturated carbocycles. The number of carbonyl (C=O) groups is 1. The van der Waals surface area contributed by atoms with Gasteiger partial charge in [0.1, 0.15) is 12.7 Å². The zero-order chi connectivity index (χ0) is 28.3. The number of allylic oxidation sites excluding steroid dienone is 3. The number of nitro benzene ring substituents is 1. The maximum atomic E-state index is 14.3. The number of nitrogens with zero attached hydrogens (tertiary/aromatic N) is 1. The van der Waals surface area contributed by atoms with Gasteiger partial charge < -0.3 is 23.8 Å².